The Morgan fingerprint density at radius 1 is 0.980 bits per heavy atom. The van der Waals surface area contributed by atoms with E-state index >= 15 is 4.39 Å². The molecule has 8 rings (SSSR count). The number of aliphatic hydroxyl groups excluding tert-OH is 1. The second-order valence-electron chi connectivity index (χ2n) is 12.3. The lowest BCUT2D eigenvalue weighted by atomic mass is 10.0. The lowest BCUT2D eigenvalue weighted by Gasteiger charge is -2.43. The molecule has 0 spiro atoms. The van der Waals surface area contributed by atoms with Crippen molar-refractivity contribution in [2.75, 3.05) is 49.6 Å². The van der Waals surface area contributed by atoms with Gasteiger partial charge in [0.2, 0.25) is 0 Å². The highest BCUT2D eigenvalue weighted by atomic mass is 19.1. The number of rotatable bonds is 7. The standard InChI is InChI=1S/C35H32F2N8O4/c1-41-17-21(14-28(34(41)47)40-30-5-3-23(16-39-30)42-8-10-43(11-9-42)24-19-49-20-24)25-6-7-38-33(27(25)18-46)45-13-12-44-29-4-2-22(36)15-26(29)31(37)32(44)35(45)48/h2-7,12-17,24,46H,8-11,18-20H2,1H3,(H,39,40). The van der Waals surface area contributed by atoms with Gasteiger partial charge in [-0.25, -0.2) is 18.7 Å². The molecule has 0 atom stereocenters. The fourth-order valence-corrected chi connectivity index (χ4v) is 6.71. The lowest BCUT2D eigenvalue weighted by Crippen LogP contribution is -2.56. The largest absolute Gasteiger partial charge is 0.392 e. The number of nitrogens with one attached hydrogen (secondary N) is 1. The average molecular weight is 667 g/mol. The quantitative estimate of drug-likeness (QED) is 0.264. The van der Waals surface area contributed by atoms with Crippen molar-refractivity contribution in [2.24, 2.45) is 7.05 Å². The Labute approximate surface area is 278 Å². The molecule has 7 heterocycles. The highest BCUT2D eigenvalue weighted by Gasteiger charge is 2.29. The first-order valence-corrected chi connectivity index (χ1v) is 15.9. The van der Waals surface area contributed by atoms with E-state index in [0.29, 0.717) is 28.5 Å². The van der Waals surface area contributed by atoms with Crippen LogP contribution in [0.15, 0.2) is 83.0 Å². The van der Waals surface area contributed by atoms with E-state index in [0.717, 1.165) is 55.7 Å². The molecule has 2 N–H and O–H groups in total. The average Bonchev–Trinajstić information content (AvgIpc) is 3.37. The summed E-state index contributed by atoms with van der Waals surface area (Å²) in [5.41, 5.74) is 1.65. The number of aromatic nitrogens is 5. The van der Waals surface area contributed by atoms with Crippen LogP contribution >= 0.6 is 0 Å². The Morgan fingerprint density at radius 2 is 1.80 bits per heavy atom. The summed E-state index contributed by atoms with van der Waals surface area (Å²) in [7, 11) is 1.62. The van der Waals surface area contributed by atoms with Crippen LogP contribution in [0.5, 0.6) is 0 Å². The van der Waals surface area contributed by atoms with Crippen molar-refractivity contribution >= 4 is 33.6 Å². The van der Waals surface area contributed by atoms with E-state index in [1.165, 1.54) is 39.7 Å². The summed E-state index contributed by atoms with van der Waals surface area (Å²) in [5.74, 6) is -0.899. The molecule has 49 heavy (non-hydrogen) atoms. The number of anilines is 3. The summed E-state index contributed by atoms with van der Waals surface area (Å²) in [6.45, 7) is 4.82. The van der Waals surface area contributed by atoms with Gasteiger partial charge in [-0.3, -0.25) is 19.1 Å². The topological polar surface area (TPSA) is 122 Å². The van der Waals surface area contributed by atoms with E-state index < -0.39 is 23.8 Å². The summed E-state index contributed by atoms with van der Waals surface area (Å²) in [4.78, 5) is 40.6. The zero-order valence-electron chi connectivity index (χ0n) is 26.5. The zero-order valence-corrected chi connectivity index (χ0v) is 26.5. The molecule has 2 fully saturated rings. The smallest absolute Gasteiger partial charge is 0.283 e. The predicted molar refractivity (Wildman–Crippen MR) is 181 cm³/mol. The van der Waals surface area contributed by atoms with Gasteiger partial charge in [0.25, 0.3) is 11.1 Å². The SMILES string of the molecule is Cn1cc(-c2ccnc(-n3ccn4c(c(F)c5cc(F)ccc54)c3=O)c2CO)cc(Nc2ccc(N3CCN(C4COC4)CC3)cn2)c1=O. The first-order valence-electron chi connectivity index (χ1n) is 15.9. The molecule has 0 bridgehead atoms. The van der Waals surface area contributed by atoms with Crippen LogP contribution in [-0.2, 0) is 18.4 Å². The highest BCUT2D eigenvalue weighted by molar-refractivity contribution is 5.88. The Bertz CT molecular complexity index is 2340. The molecule has 0 unspecified atom stereocenters. The first-order chi connectivity index (χ1) is 23.8. The molecule has 0 amide bonds. The Balaban J connectivity index is 1.10. The third kappa shape index (κ3) is 5.33. The third-order valence-electron chi connectivity index (χ3n) is 9.43. The fraction of sp³-hybridized carbons (Fsp3) is 0.257. The summed E-state index contributed by atoms with van der Waals surface area (Å²) in [6.07, 6.45) is 7.80. The van der Waals surface area contributed by atoms with Crippen LogP contribution in [0.25, 0.3) is 33.4 Å². The minimum absolute atomic E-state index is 0.0220. The number of fused-ring (bicyclic) bond motifs is 3. The van der Waals surface area contributed by atoms with Crippen molar-refractivity contribution in [1.29, 1.82) is 0 Å². The van der Waals surface area contributed by atoms with Crippen LogP contribution in [0.4, 0.5) is 26.0 Å². The van der Waals surface area contributed by atoms with Gasteiger partial charge in [0.1, 0.15) is 28.7 Å². The minimum Gasteiger partial charge on any atom is -0.392 e. The number of halogens is 2. The second kappa shape index (κ2) is 12.2. The summed E-state index contributed by atoms with van der Waals surface area (Å²) in [5, 5.41) is 13.7. The number of aryl methyl sites for hydroxylation is 1. The molecule has 5 aromatic heterocycles. The molecule has 6 aromatic rings. The number of aliphatic hydroxyl groups is 1. The molecule has 1 aromatic carbocycles. The monoisotopic (exact) mass is 666 g/mol. The summed E-state index contributed by atoms with van der Waals surface area (Å²) < 4.78 is 38.6. The van der Waals surface area contributed by atoms with Gasteiger partial charge < -0.3 is 29.0 Å². The molecule has 12 nitrogen and oxygen atoms in total. The van der Waals surface area contributed by atoms with Crippen LogP contribution < -0.4 is 21.3 Å². The Morgan fingerprint density at radius 3 is 2.51 bits per heavy atom. The van der Waals surface area contributed by atoms with Crippen molar-refractivity contribution in [1.82, 2.24) is 28.4 Å². The normalized spacial score (nSPS) is 15.6. The predicted octanol–water partition coefficient (Wildman–Crippen LogP) is 3.43. The molecular formula is C35H32F2N8O4. The van der Waals surface area contributed by atoms with Crippen molar-refractivity contribution in [2.45, 2.75) is 12.6 Å². The molecule has 14 heteroatoms. The van der Waals surface area contributed by atoms with Gasteiger partial charge in [0.15, 0.2) is 5.82 Å². The van der Waals surface area contributed by atoms with E-state index in [2.05, 4.69) is 25.1 Å². The van der Waals surface area contributed by atoms with Gasteiger partial charge >= 0.3 is 0 Å². The molecule has 0 radical (unpaired) electrons. The third-order valence-corrected chi connectivity index (χ3v) is 9.43. The fourth-order valence-electron chi connectivity index (χ4n) is 6.71. The molecule has 2 aliphatic rings. The highest BCUT2D eigenvalue weighted by Crippen LogP contribution is 2.30. The van der Waals surface area contributed by atoms with E-state index in [4.69, 9.17) is 4.74 Å². The van der Waals surface area contributed by atoms with Crippen LogP contribution in [0.1, 0.15) is 5.56 Å². The Hall–Kier alpha value is -5.44. The maximum atomic E-state index is 15.4. The maximum absolute atomic E-state index is 15.4. The number of pyridine rings is 3. The van der Waals surface area contributed by atoms with Crippen molar-refractivity contribution < 1.29 is 18.6 Å². The van der Waals surface area contributed by atoms with Gasteiger partial charge in [-0.05, 0) is 48.0 Å². The van der Waals surface area contributed by atoms with E-state index in [1.54, 1.807) is 31.6 Å². The number of piperazine rings is 1. The van der Waals surface area contributed by atoms with Gasteiger partial charge in [0, 0.05) is 74.5 Å². The van der Waals surface area contributed by atoms with Crippen LogP contribution in [0, 0.1) is 11.6 Å². The summed E-state index contributed by atoms with van der Waals surface area (Å²) >= 11 is 0. The van der Waals surface area contributed by atoms with Gasteiger partial charge in [-0.2, -0.15) is 0 Å². The van der Waals surface area contributed by atoms with Gasteiger partial charge in [0.05, 0.1) is 43.3 Å². The second-order valence-corrected chi connectivity index (χ2v) is 12.3. The lowest BCUT2D eigenvalue weighted by molar-refractivity contribution is -0.0660. The Kier molecular flexibility index (Phi) is 7.70. The minimum atomic E-state index is -0.854. The van der Waals surface area contributed by atoms with E-state index in [9.17, 15) is 19.1 Å². The van der Waals surface area contributed by atoms with Gasteiger partial charge in [-0.15, -0.1) is 0 Å². The van der Waals surface area contributed by atoms with Crippen molar-refractivity contribution in [3.05, 3.63) is 111 Å². The molecule has 250 valence electrons. The summed E-state index contributed by atoms with van der Waals surface area (Å²) in [6, 6.07) is 11.3. The number of hydrogen-bond donors (Lipinski definition) is 2. The van der Waals surface area contributed by atoms with Crippen LogP contribution in [0.2, 0.25) is 0 Å². The van der Waals surface area contributed by atoms with Crippen molar-refractivity contribution in [3.63, 3.8) is 0 Å². The van der Waals surface area contributed by atoms with E-state index in [1.807, 2.05) is 12.1 Å². The number of nitrogens with zero attached hydrogens (tertiary/aromatic N) is 7. The number of benzene rings is 1. The maximum Gasteiger partial charge on any atom is 0.283 e. The molecule has 2 aliphatic heterocycles. The van der Waals surface area contributed by atoms with E-state index in [-0.39, 0.29) is 33.5 Å². The number of ether oxygens (including phenoxy) is 1. The molecule has 0 saturated carbocycles. The van der Waals surface area contributed by atoms with Crippen LogP contribution in [-0.4, -0.2) is 78.9 Å². The van der Waals surface area contributed by atoms with Gasteiger partial charge in [-0.1, -0.05) is 0 Å². The number of hydrogen-bond acceptors (Lipinski definition) is 9. The molecular weight excluding hydrogens is 634 g/mol. The first kappa shape index (κ1) is 30.9. The molecule has 2 saturated heterocycles. The van der Waals surface area contributed by atoms with Crippen LogP contribution in [0.3, 0.4) is 0 Å². The molecule has 0 aliphatic carbocycles. The zero-order chi connectivity index (χ0) is 33.8. The van der Waals surface area contributed by atoms with Crippen molar-refractivity contribution in [3.8, 4) is 16.9 Å².